The summed E-state index contributed by atoms with van der Waals surface area (Å²) in [4.78, 5) is 0. The molecule has 0 spiro atoms. The van der Waals surface area contributed by atoms with Crippen LogP contribution >= 0.6 is 0 Å². The topological polar surface area (TPSA) is 38.0 Å². The predicted molar refractivity (Wildman–Crippen MR) is 86.5 cm³/mol. The van der Waals surface area contributed by atoms with Crippen LogP contribution in [0.5, 0.6) is 0 Å². The Morgan fingerprint density at radius 1 is 1.14 bits per heavy atom. The molecule has 4 bridgehead atoms. The molecule has 0 saturated heterocycles. The molecule has 3 unspecified atom stereocenters. The van der Waals surface area contributed by atoms with Gasteiger partial charge in [-0.3, -0.25) is 11.3 Å². The third-order valence-corrected chi connectivity index (χ3v) is 6.62. The van der Waals surface area contributed by atoms with Crippen LogP contribution in [0.15, 0.2) is 30.3 Å². The third-order valence-electron chi connectivity index (χ3n) is 6.62. The average Bonchev–Trinajstić information content (AvgIpc) is 2.43. The first kappa shape index (κ1) is 13.8. The van der Waals surface area contributed by atoms with E-state index in [1.54, 1.807) is 0 Å². The van der Waals surface area contributed by atoms with Crippen molar-refractivity contribution in [3.63, 3.8) is 0 Å². The van der Waals surface area contributed by atoms with Crippen molar-refractivity contribution in [1.29, 1.82) is 0 Å². The minimum Gasteiger partial charge on any atom is -0.271 e. The van der Waals surface area contributed by atoms with E-state index in [9.17, 15) is 0 Å². The molecule has 4 aliphatic rings. The van der Waals surface area contributed by atoms with Crippen molar-refractivity contribution in [2.75, 3.05) is 0 Å². The van der Waals surface area contributed by atoms with Crippen molar-refractivity contribution in [2.45, 2.75) is 57.9 Å². The molecule has 0 radical (unpaired) electrons. The summed E-state index contributed by atoms with van der Waals surface area (Å²) in [6.45, 7) is 2.54. The molecule has 4 fully saturated rings. The molecule has 0 amide bonds. The second-order valence-corrected chi connectivity index (χ2v) is 8.54. The highest BCUT2D eigenvalue weighted by atomic mass is 15.2. The highest BCUT2D eigenvalue weighted by molar-refractivity contribution is 5.19. The summed E-state index contributed by atoms with van der Waals surface area (Å²) in [5, 5.41) is 0. The molecule has 2 heteroatoms. The number of hydrazine groups is 1. The summed E-state index contributed by atoms with van der Waals surface area (Å²) < 4.78 is 0. The van der Waals surface area contributed by atoms with Crippen LogP contribution in [0.3, 0.4) is 0 Å². The standard InChI is InChI=1S/C19H28N2/c1-18-9-15-7-16(10-18)12-19(11-15,13-18)17(21-20)8-14-5-3-2-4-6-14/h2-6,15-17,21H,7-13,20H2,1H3. The van der Waals surface area contributed by atoms with Gasteiger partial charge in [-0.2, -0.15) is 0 Å². The molecular formula is C19H28N2. The summed E-state index contributed by atoms with van der Waals surface area (Å²) in [5.74, 6) is 7.96. The summed E-state index contributed by atoms with van der Waals surface area (Å²) in [6, 6.07) is 11.3. The molecule has 0 aromatic heterocycles. The van der Waals surface area contributed by atoms with Gasteiger partial charge in [0.05, 0.1) is 0 Å². The molecule has 4 saturated carbocycles. The molecule has 21 heavy (non-hydrogen) atoms. The Bertz CT molecular complexity index is 496. The third kappa shape index (κ3) is 2.33. The molecule has 4 aliphatic carbocycles. The van der Waals surface area contributed by atoms with Gasteiger partial charge in [0.1, 0.15) is 0 Å². The molecule has 3 N–H and O–H groups in total. The van der Waals surface area contributed by atoms with E-state index < -0.39 is 0 Å². The van der Waals surface area contributed by atoms with Crippen molar-refractivity contribution in [2.24, 2.45) is 28.5 Å². The van der Waals surface area contributed by atoms with Crippen LogP contribution < -0.4 is 11.3 Å². The number of hydrogen-bond donors (Lipinski definition) is 2. The number of benzene rings is 1. The van der Waals surface area contributed by atoms with E-state index in [0.717, 1.165) is 18.3 Å². The lowest BCUT2D eigenvalue weighted by Gasteiger charge is -2.63. The Kier molecular flexibility index (Phi) is 3.16. The molecule has 5 rings (SSSR count). The lowest BCUT2D eigenvalue weighted by atomic mass is 9.43. The first-order valence-corrected chi connectivity index (χ1v) is 8.61. The van der Waals surface area contributed by atoms with Crippen LogP contribution in [0.2, 0.25) is 0 Å². The van der Waals surface area contributed by atoms with Crippen LogP contribution in [-0.4, -0.2) is 6.04 Å². The zero-order valence-corrected chi connectivity index (χ0v) is 13.1. The molecule has 0 aliphatic heterocycles. The summed E-state index contributed by atoms with van der Waals surface area (Å²) in [6.07, 6.45) is 9.69. The first-order chi connectivity index (χ1) is 10.1. The van der Waals surface area contributed by atoms with E-state index >= 15 is 0 Å². The molecule has 1 aromatic carbocycles. The van der Waals surface area contributed by atoms with Gasteiger partial charge in [-0.25, -0.2) is 0 Å². The number of nitrogens with one attached hydrogen (secondary N) is 1. The van der Waals surface area contributed by atoms with E-state index in [1.165, 1.54) is 44.1 Å². The predicted octanol–water partition coefficient (Wildman–Crippen LogP) is 3.67. The minimum atomic E-state index is 0.435. The smallest absolute Gasteiger partial charge is 0.0307 e. The lowest BCUT2D eigenvalue weighted by molar-refractivity contribution is -0.118. The van der Waals surface area contributed by atoms with Crippen molar-refractivity contribution >= 4 is 0 Å². The van der Waals surface area contributed by atoms with Gasteiger partial charge >= 0.3 is 0 Å². The van der Waals surface area contributed by atoms with Crippen LogP contribution in [0.1, 0.15) is 51.0 Å². The van der Waals surface area contributed by atoms with Gasteiger partial charge in [0, 0.05) is 6.04 Å². The highest BCUT2D eigenvalue weighted by Crippen LogP contribution is 2.66. The second kappa shape index (κ2) is 4.82. The van der Waals surface area contributed by atoms with Gasteiger partial charge in [-0.15, -0.1) is 0 Å². The van der Waals surface area contributed by atoms with Crippen molar-refractivity contribution in [1.82, 2.24) is 5.43 Å². The number of rotatable bonds is 4. The van der Waals surface area contributed by atoms with E-state index in [2.05, 4.69) is 42.7 Å². The maximum Gasteiger partial charge on any atom is 0.0307 e. The van der Waals surface area contributed by atoms with Gasteiger partial charge in [0.25, 0.3) is 0 Å². The molecule has 114 valence electrons. The van der Waals surface area contributed by atoms with Crippen molar-refractivity contribution in [3.8, 4) is 0 Å². The van der Waals surface area contributed by atoms with Gasteiger partial charge < -0.3 is 0 Å². The second-order valence-electron chi connectivity index (χ2n) is 8.54. The summed E-state index contributed by atoms with van der Waals surface area (Å²) in [7, 11) is 0. The zero-order valence-electron chi connectivity index (χ0n) is 13.1. The molecule has 3 atom stereocenters. The Morgan fingerprint density at radius 3 is 2.38 bits per heavy atom. The van der Waals surface area contributed by atoms with Crippen LogP contribution in [0.4, 0.5) is 0 Å². The summed E-state index contributed by atoms with van der Waals surface area (Å²) in [5.41, 5.74) is 5.68. The largest absolute Gasteiger partial charge is 0.271 e. The normalized spacial score (nSPS) is 42.2. The SMILES string of the molecule is CC12CC3CC(C1)CC(C(Cc1ccccc1)NN)(C3)C2. The average molecular weight is 284 g/mol. The van der Waals surface area contributed by atoms with Crippen LogP contribution in [-0.2, 0) is 6.42 Å². The van der Waals surface area contributed by atoms with Crippen LogP contribution in [0.25, 0.3) is 0 Å². The van der Waals surface area contributed by atoms with Gasteiger partial charge in [0.15, 0.2) is 0 Å². The molecular weight excluding hydrogens is 256 g/mol. The van der Waals surface area contributed by atoms with Crippen molar-refractivity contribution < 1.29 is 0 Å². The fourth-order valence-electron chi connectivity index (χ4n) is 6.51. The van der Waals surface area contributed by atoms with Crippen LogP contribution in [0, 0.1) is 22.7 Å². The van der Waals surface area contributed by atoms with Gasteiger partial charge in [-0.05, 0) is 73.2 Å². The fourth-order valence-corrected chi connectivity index (χ4v) is 6.51. The molecule has 2 nitrogen and oxygen atoms in total. The Balaban J connectivity index is 1.61. The van der Waals surface area contributed by atoms with E-state index in [4.69, 9.17) is 5.84 Å². The number of hydrogen-bond acceptors (Lipinski definition) is 2. The van der Waals surface area contributed by atoms with E-state index in [-0.39, 0.29) is 0 Å². The zero-order chi connectivity index (χ0) is 14.5. The van der Waals surface area contributed by atoms with E-state index in [1.807, 2.05) is 0 Å². The monoisotopic (exact) mass is 284 g/mol. The van der Waals surface area contributed by atoms with E-state index in [0.29, 0.717) is 16.9 Å². The molecule has 1 aromatic rings. The highest BCUT2D eigenvalue weighted by Gasteiger charge is 2.58. The number of nitrogens with two attached hydrogens (primary N) is 1. The van der Waals surface area contributed by atoms with Gasteiger partial charge in [0.2, 0.25) is 0 Å². The maximum atomic E-state index is 6.04. The first-order valence-electron chi connectivity index (χ1n) is 8.61. The Labute approximate surface area is 128 Å². The Morgan fingerprint density at radius 2 is 1.81 bits per heavy atom. The Hall–Kier alpha value is -0.860. The fraction of sp³-hybridized carbons (Fsp3) is 0.684. The van der Waals surface area contributed by atoms with Gasteiger partial charge in [-0.1, -0.05) is 37.3 Å². The quantitative estimate of drug-likeness (QED) is 0.654. The summed E-state index contributed by atoms with van der Waals surface area (Å²) >= 11 is 0. The van der Waals surface area contributed by atoms with Crippen molar-refractivity contribution in [3.05, 3.63) is 35.9 Å². The molecule has 0 heterocycles. The maximum absolute atomic E-state index is 6.04. The lowest BCUT2D eigenvalue weighted by Crippen LogP contribution is -2.60. The minimum absolute atomic E-state index is 0.435.